The van der Waals surface area contributed by atoms with Crippen LogP contribution in [0.5, 0.6) is 0 Å². The van der Waals surface area contributed by atoms with Crippen molar-refractivity contribution in [3.8, 4) is 0 Å². The maximum atomic E-state index is 4.88. The van der Waals surface area contributed by atoms with Crippen LogP contribution in [-0.4, -0.2) is 91.2 Å². The summed E-state index contributed by atoms with van der Waals surface area (Å²) < 4.78 is 0. The maximum Gasteiger partial charge on any atom is 0.194 e. The number of nitrogens with zero attached hydrogens (tertiary/aromatic N) is 5. The van der Waals surface area contributed by atoms with Gasteiger partial charge in [-0.2, -0.15) is 11.8 Å². The number of guanidine groups is 1. The average molecular weight is 363 g/mol. The number of thioether (sulfide) groups is 1. The lowest BCUT2D eigenvalue weighted by atomic mass is 10.3. The molecule has 0 amide bonds. The monoisotopic (exact) mass is 362 g/mol. The molecule has 7 heteroatoms. The first-order chi connectivity index (χ1) is 12.4. The third kappa shape index (κ3) is 5.51. The molecule has 3 heterocycles. The van der Waals surface area contributed by atoms with Crippen LogP contribution in [0.1, 0.15) is 6.92 Å². The fourth-order valence-electron chi connectivity index (χ4n) is 3.24. The van der Waals surface area contributed by atoms with Gasteiger partial charge in [0.15, 0.2) is 5.96 Å². The molecule has 1 aromatic heterocycles. The molecule has 2 saturated heterocycles. The molecule has 0 atom stereocenters. The molecule has 0 unspecified atom stereocenters. The molecular weight excluding hydrogens is 332 g/mol. The topological polar surface area (TPSA) is 47.0 Å². The van der Waals surface area contributed by atoms with Crippen LogP contribution in [0.15, 0.2) is 29.4 Å². The Morgan fingerprint density at radius 3 is 2.64 bits per heavy atom. The molecule has 0 aliphatic carbocycles. The van der Waals surface area contributed by atoms with E-state index in [2.05, 4.69) is 55.8 Å². The van der Waals surface area contributed by atoms with Crippen molar-refractivity contribution in [2.24, 2.45) is 4.99 Å². The first kappa shape index (κ1) is 18.3. The van der Waals surface area contributed by atoms with Crippen LogP contribution < -0.4 is 10.2 Å². The highest BCUT2D eigenvalue weighted by Gasteiger charge is 2.20. The van der Waals surface area contributed by atoms with E-state index in [4.69, 9.17) is 4.99 Å². The van der Waals surface area contributed by atoms with Crippen LogP contribution >= 0.6 is 11.8 Å². The second kappa shape index (κ2) is 9.87. The zero-order chi connectivity index (χ0) is 17.3. The molecule has 2 aliphatic heterocycles. The van der Waals surface area contributed by atoms with Crippen molar-refractivity contribution in [2.75, 3.05) is 75.3 Å². The van der Waals surface area contributed by atoms with Crippen molar-refractivity contribution in [1.29, 1.82) is 0 Å². The van der Waals surface area contributed by atoms with E-state index in [0.29, 0.717) is 0 Å². The van der Waals surface area contributed by atoms with Crippen LogP contribution in [0.4, 0.5) is 5.82 Å². The molecule has 0 aromatic carbocycles. The highest BCUT2D eigenvalue weighted by atomic mass is 32.2. The zero-order valence-corrected chi connectivity index (χ0v) is 16.0. The highest BCUT2D eigenvalue weighted by Crippen LogP contribution is 2.12. The Labute approximate surface area is 155 Å². The number of nitrogens with one attached hydrogen (secondary N) is 1. The second-order valence-electron chi connectivity index (χ2n) is 6.35. The Balaban J connectivity index is 1.49. The van der Waals surface area contributed by atoms with Crippen molar-refractivity contribution in [3.05, 3.63) is 24.4 Å². The zero-order valence-electron chi connectivity index (χ0n) is 15.2. The number of aliphatic imine (C=N–C) groups is 1. The first-order valence-corrected chi connectivity index (χ1v) is 10.5. The smallest absolute Gasteiger partial charge is 0.194 e. The summed E-state index contributed by atoms with van der Waals surface area (Å²) in [5, 5.41) is 3.46. The average Bonchev–Trinajstić information content (AvgIpc) is 2.69. The summed E-state index contributed by atoms with van der Waals surface area (Å²) in [5.41, 5.74) is 0. The molecule has 1 N–H and O–H groups in total. The van der Waals surface area contributed by atoms with Gasteiger partial charge in [0.2, 0.25) is 0 Å². The van der Waals surface area contributed by atoms with Crippen LogP contribution in [0, 0.1) is 0 Å². The molecule has 138 valence electrons. The van der Waals surface area contributed by atoms with Gasteiger partial charge in [0.1, 0.15) is 5.82 Å². The van der Waals surface area contributed by atoms with Gasteiger partial charge >= 0.3 is 0 Å². The molecule has 3 rings (SSSR count). The quantitative estimate of drug-likeness (QED) is 0.628. The van der Waals surface area contributed by atoms with Gasteiger partial charge in [0, 0.05) is 70.1 Å². The summed E-state index contributed by atoms with van der Waals surface area (Å²) >= 11 is 2.06. The summed E-state index contributed by atoms with van der Waals surface area (Å²) in [6.45, 7) is 11.4. The number of pyridine rings is 1. The molecule has 2 aliphatic rings. The molecule has 6 nitrogen and oxygen atoms in total. The lowest BCUT2D eigenvalue weighted by Crippen LogP contribution is -2.53. The SMILES string of the molecule is CCNC(=NCCN1CCSCC1)N1CCN(c2ccccn2)CC1. The van der Waals surface area contributed by atoms with Crippen molar-refractivity contribution in [2.45, 2.75) is 6.92 Å². The Morgan fingerprint density at radius 1 is 1.16 bits per heavy atom. The third-order valence-corrected chi connectivity index (χ3v) is 5.61. The van der Waals surface area contributed by atoms with E-state index in [0.717, 1.165) is 57.6 Å². The van der Waals surface area contributed by atoms with Crippen molar-refractivity contribution < 1.29 is 0 Å². The summed E-state index contributed by atoms with van der Waals surface area (Å²) in [6.07, 6.45) is 1.87. The third-order valence-electron chi connectivity index (χ3n) is 4.67. The Hall–Kier alpha value is -1.47. The van der Waals surface area contributed by atoms with Crippen molar-refractivity contribution in [1.82, 2.24) is 20.1 Å². The minimum atomic E-state index is 0.882. The van der Waals surface area contributed by atoms with Crippen LogP contribution in [0.3, 0.4) is 0 Å². The number of piperazine rings is 1. The second-order valence-corrected chi connectivity index (χ2v) is 7.58. The van der Waals surface area contributed by atoms with Crippen molar-refractivity contribution in [3.63, 3.8) is 0 Å². The van der Waals surface area contributed by atoms with Gasteiger partial charge in [-0.1, -0.05) is 6.07 Å². The molecule has 0 radical (unpaired) electrons. The predicted molar refractivity (Wildman–Crippen MR) is 108 cm³/mol. The van der Waals surface area contributed by atoms with Gasteiger partial charge in [-0.15, -0.1) is 0 Å². The normalized spacial score (nSPS) is 20.0. The molecule has 25 heavy (non-hydrogen) atoms. The van der Waals surface area contributed by atoms with Crippen LogP contribution in [0.2, 0.25) is 0 Å². The summed E-state index contributed by atoms with van der Waals surface area (Å²) in [5.74, 6) is 4.67. The number of anilines is 1. The first-order valence-electron chi connectivity index (χ1n) is 9.36. The van der Waals surface area contributed by atoms with Crippen molar-refractivity contribution >= 4 is 23.5 Å². The van der Waals surface area contributed by atoms with Gasteiger partial charge in [-0.05, 0) is 19.1 Å². The van der Waals surface area contributed by atoms with E-state index in [-0.39, 0.29) is 0 Å². The molecular formula is C18H30N6S. The predicted octanol–water partition coefficient (Wildman–Crippen LogP) is 1.22. The highest BCUT2D eigenvalue weighted by molar-refractivity contribution is 7.99. The fraction of sp³-hybridized carbons (Fsp3) is 0.667. The van der Waals surface area contributed by atoms with Gasteiger partial charge < -0.3 is 15.1 Å². The minimum Gasteiger partial charge on any atom is -0.357 e. The Kier molecular flexibility index (Phi) is 7.23. The largest absolute Gasteiger partial charge is 0.357 e. The van der Waals surface area contributed by atoms with E-state index in [1.54, 1.807) is 0 Å². The van der Waals surface area contributed by atoms with Gasteiger partial charge in [-0.25, -0.2) is 4.98 Å². The van der Waals surface area contributed by atoms with Gasteiger partial charge in [0.05, 0.1) is 6.54 Å². The number of hydrogen-bond donors (Lipinski definition) is 1. The molecule has 0 spiro atoms. The lowest BCUT2D eigenvalue weighted by Gasteiger charge is -2.37. The standard InChI is InChI=1S/C18H30N6S/c1-2-19-18(21-7-8-22-13-15-25-16-14-22)24-11-9-23(10-12-24)17-5-3-4-6-20-17/h3-6H,2,7-16H2,1H3,(H,19,21). The maximum absolute atomic E-state index is 4.88. The number of rotatable bonds is 5. The van der Waals surface area contributed by atoms with E-state index >= 15 is 0 Å². The molecule has 1 aromatic rings. The van der Waals surface area contributed by atoms with E-state index < -0.39 is 0 Å². The van der Waals surface area contributed by atoms with Gasteiger partial charge in [0.25, 0.3) is 0 Å². The van der Waals surface area contributed by atoms with E-state index in [1.165, 1.54) is 24.6 Å². The van der Waals surface area contributed by atoms with E-state index in [9.17, 15) is 0 Å². The lowest BCUT2D eigenvalue weighted by molar-refractivity contribution is 0.310. The summed E-state index contributed by atoms with van der Waals surface area (Å²) in [7, 11) is 0. The fourth-order valence-corrected chi connectivity index (χ4v) is 4.21. The summed E-state index contributed by atoms with van der Waals surface area (Å²) in [4.78, 5) is 16.6. The Bertz CT molecular complexity index is 524. The van der Waals surface area contributed by atoms with Crippen LogP contribution in [0.25, 0.3) is 0 Å². The van der Waals surface area contributed by atoms with Gasteiger partial charge in [-0.3, -0.25) is 9.89 Å². The summed E-state index contributed by atoms with van der Waals surface area (Å²) in [6, 6.07) is 6.11. The van der Waals surface area contributed by atoms with E-state index in [1.807, 2.05) is 12.3 Å². The molecule has 2 fully saturated rings. The number of hydrogen-bond acceptors (Lipinski definition) is 5. The number of aromatic nitrogens is 1. The molecule has 0 saturated carbocycles. The minimum absolute atomic E-state index is 0.882. The molecule has 0 bridgehead atoms. The Morgan fingerprint density at radius 2 is 1.96 bits per heavy atom. The van der Waals surface area contributed by atoms with Crippen LogP contribution in [-0.2, 0) is 0 Å².